The molecule has 26 heavy (non-hydrogen) atoms. The maximum atomic E-state index is 14.4. The maximum Gasteiger partial charge on any atom is 0.264 e. The molecule has 2 heterocycles. The summed E-state index contributed by atoms with van der Waals surface area (Å²) >= 11 is 1.35. The van der Waals surface area contributed by atoms with Crippen molar-refractivity contribution in [2.45, 2.75) is 32.0 Å². The van der Waals surface area contributed by atoms with Gasteiger partial charge in [0.05, 0.1) is 11.5 Å². The number of carbonyl (C=O) groups excluding carboxylic acids is 1. The molecule has 1 aliphatic rings. The number of methoxy groups -OCH3 is 1. The minimum absolute atomic E-state index is 0.0445. The average molecular weight is 370 g/mol. The molecule has 4 nitrogen and oxygen atoms in total. The van der Waals surface area contributed by atoms with Crippen LogP contribution in [0.5, 0.6) is 0 Å². The number of hydrogen-bond acceptors (Lipinski definition) is 4. The van der Waals surface area contributed by atoms with Gasteiger partial charge in [-0.15, -0.1) is 11.3 Å². The number of thiophene rings is 1. The first-order valence-corrected chi connectivity index (χ1v) is 9.39. The Balaban J connectivity index is 1.74. The molecule has 0 atom stereocenters. The summed E-state index contributed by atoms with van der Waals surface area (Å²) in [6.45, 7) is 0.755. The molecule has 3 aromatic rings. The number of amides is 1. The van der Waals surface area contributed by atoms with E-state index in [0.717, 1.165) is 23.1 Å². The van der Waals surface area contributed by atoms with Crippen LogP contribution in [-0.4, -0.2) is 28.9 Å². The minimum Gasteiger partial charge on any atom is -0.380 e. The van der Waals surface area contributed by atoms with Crippen molar-refractivity contribution in [3.63, 3.8) is 0 Å². The second kappa shape index (κ2) is 7.13. The van der Waals surface area contributed by atoms with Crippen LogP contribution in [0.25, 0.3) is 10.1 Å². The highest BCUT2D eigenvalue weighted by molar-refractivity contribution is 7.21. The van der Waals surface area contributed by atoms with Gasteiger partial charge in [0.1, 0.15) is 5.82 Å². The summed E-state index contributed by atoms with van der Waals surface area (Å²) in [4.78, 5) is 19.9. The Morgan fingerprint density at radius 1 is 1.31 bits per heavy atom. The van der Waals surface area contributed by atoms with Crippen molar-refractivity contribution in [1.29, 1.82) is 0 Å². The Kier molecular flexibility index (Phi) is 4.70. The zero-order chi connectivity index (χ0) is 18.1. The number of benzene rings is 1. The smallest absolute Gasteiger partial charge is 0.264 e. The molecule has 4 rings (SSSR count). The lowest BCUT2D eigenvalue weighted by molar-refractivity contribution is 0.0730. The van der Waals surface area contributed by atoms with E-state index in [4.69, 9.17) is 4.74 Å². The summed E-state index contributed by atoms with van der Waals surface area (Å²) in [5, 5.41) is 0.502. The number of halogens is 1. The molecule has 1 aromatic carbocycles. The van der Waals surface area contributed by atoms with E-state index in [2.05, 4.69) is 4.98 Å². The fraction of sp³-hybridized carbons (Fsp3) is 0.300. The molecule has 1 saturated carbocycles. The van der Waals surface area contributed by atoms with Crippen LogP contribution in [0, 0.1) is 5.82 Å². The van der Waals surface area contributed by atoms with Crippen LogP contribution < -0.4 is 0 Å². The van der Waals surface area contributed by atoms with Gasteiger partial charge in [0, 0.05) is 47.7 Å². The Hall–Kier alpha value is -2.31. The Morgan fingerprint density at radius 3 is 2.77 bits per heavy atom. The third kappa shape index (κ3) is 3.22. The van der Waals surface area contributed by atoms with E-state index in [1.807, 2.05) is 23.1 Å². The van der Waals surface area contributed by atoms with Gasteiger partial charge in [-0.1, -0.05) is 6.07 Å². The van der Waals surface area contributed by atoms with Crippen molar-refractivity contribution in [3.8, 4) is 0 Å². The summed E-state index contributed by atoms with van der Waals surface area (Å²) < 4.78 is 20.4. The fourth-order valence-corrected chi connectivity index (χ4v) is 4.37. The van der Waals surface area contributed by atoms with Gasteiger partial charge < -0.3 is 9.64 Å². The van der Waals surface area contributed by atoms with Gasteiger partial charge in [-0.2, -0.15) is 0 Å². The van der Waals surface area contributed by atoms with Gasteiger partial charge in [0.15, 0.2) is 0 Å². The highest BCUT2D eigenvalue weighted by Crippen LogP contribution is 2.37. The largest absolute Gasteiger partial charge is 0.380 e. The Labute approximate surface area is 155 Å². The average Bonchev–Trinajstić information content (AvgIpc) is 3.42. The summed E-state index contributed by atoms with van der Waals surface area (Å²) in [6.07, 6.45) is 5.48. The highest BCUT2D eigenvalue weighted by atomic mass is 32.1. The zero-order valence-electron chi connectivity index (χ0n) is 14.4. The molecule has 0 unspecified atom stereocenters. The predicted molar refractivity (Wildman–Crippen MR) is 99.6 cm³/mol. The molecular formula is C20H19FN2O2S. The maximum absolute atomic E-state index is 14.4. The fourth-order valence-electron chi connectivity index (χ4n) is 3.19. The molecule has 0 saturated heterocycles. The number of aromatic nitrogens is 1. The van der Waals surface area contributed by atoms with E-state index < -0.39 is 0 Å². The molecular weight excluding hydrogens is 351 g/mol. The topological polar surface area (TPSA) is 42.4 Å². The third-order valence-electron chi connectivity index (χ3n) is 4.60. The normalized spacial score (nSPS) is 13.9. The van der Waals surface area contributed by atoms with Crippen LogP contribution in [0.15, 0.2) is 42.7 Å². The molecule has 1 aliphatic carbocycles. The number of pyridine rings is 1. The lowest BCUT2D eigenvalue weighted by atomic mass is 10.1. The predicted octanol–water partition coefficient (Wildman–Crippen LogP) is 4.39. The minimum atomic E-state index is -0.308. The van der Waals surface area contributed by atoms with Crippen LogP contribution in [0.3, 0.4) is 0 Å². The molecule has 1 amide bonds. The first-order chi connectivity index (χ1) is 12.7. The molecule has 134 valence electrons. The van der Waals surface area contributed by atoms with Gasteiger partial charge in [-0.3, -0.25) is 9.78 Å². The van der Waals surface area contributed by atoms with Crippen molar-refractivity contribution in [3.05, 3.63) is 64.5 Å². The SMILES string of the molecule is COCc1c(C(=O)N(Cc2ccncc2)C2CC2)sc2cccc(F)c12. The molecule has 1 fully saturated rings. The lowest BCUT2D eigenvalue weighted by Crippen LogP contribution is -2.32. The highest BCUT2D eigenvalue weighted by Gasteiger charge is 2.35. The number of ether oxygens (including phenoxy) is 1. The molecule has 6 heteroatoms. The van der Waals surface area contributed by atoms with Gasteiger partial charge in [0.2, 0.25) is 0 Å². The van der Waals surface area contributed by atoms with E-state index in [9.17, 15) is 9.18 Å². The number of carbonyl (C=O) groups is 1. The Bertz CT molecular complexity index is 938. The second-order valence-electron chi connectivity index (χ2n) is 6.48. The quantitative estimate of drug-likeness (QED) is 0.646. The number of fused-ring (bicyclic) bond motifs is 1. The monoisotopic (exact) mass is 370 g/mol. The Morgan fingerprint density at radius 2 is 2.08 bits per heavy atom. The number of hydrogen-bond donors (Lipinski definition) is 0. The summed E-state index contributed by atoms with van der Waals surface area (Å²) in [5.41, 5.74) is 1.69. The summed E-state index contributed by atoms with van der Waals surface area (Å²) in [5.74, 6) is -0.353. The van der Waals surface area contributed by atoms with E-state index in [-0.39, 0.29) is 24.4 Å². The van der Waals surface area contributed by atoms with Crippen molar-refractivity contribution in [1.82, 2.24) is 9.88 Å². The number of nitrogens with zero attached hydrogens (tertiary/aromatic N) is 2. The van der Waals surface area contributed by atoms with Crippen LogP contribution >= 0.6 is 11.3 Å². The first-order valence-electron chi connectivity index (χ1n) is 8.57. The van der Waals surface area contributed by atoms with Gasteiger partial charge >= 0.3 is 0 Å². The molecule has 2 aromatic heterocycles. The van der Waals surface area contributed by atoms with E-state index in [1.165, 1.54) is 17.4 Å². The molecule has 0 bridgehead atoms. The van der Waals surface area contributed by atoms with Gasteiger partial charge in [0.25, 0.3) is 5.91 Å². The zero-order valence-corrected chi connectivity index (χ0v) is 15.3. The molecule has 0 N–H and O–H groups in total. The third-order valence-corrected chi connectivity index (χ3v) is 5.78. The van der Waals surface area contributed by atoms with E-state index >= 15 is 0 Å². The van der Waals surface area contributed by atoms with Crippen LogP contribution in [0.4, 0.5) is 4.39 Å². The van der Waals surface area contributed by atoms with Crippen LogP contribution in [-0.2, 0) is 17.9 Å². The molecule has 0 spiro atoms. The number of rotatable bonds is 6. The van der Waals surface area contributed by atoms with E-state index in [1.54, 1.807) is 25.6 Å². The van der Waals surface area contributed by atoms with Crippen molar-refractivity contribution >= 4 is 27.3 Å². The van der Waals surface area contributed by atoms with Crippen molar-refractivity contribution in [2.75, 3.05) is 7.11 Å². The van der Waals surface area contributed by atoms with Gasteiger partial charge in [-0.05, 0) is 42.7 Å². The summed E-state index contributed by atoms with van der Waals surface area (Å²) in [7, 11) is 1.56. The van der Waals surface area contributed by atoms with Crippen LogP contribution in [0.2, 0.25) is 0 Å². The second-order valence-corrected chi connectivity index (χ2v) is 7.53. The van der Waals surface area contributed by atoms with Crippen LogP contribution in [0.1, 0.15) is 33.6 Å². The standard InChI is InChI=1S/C20H19FN2O2S/c1-25-12-15-18-16(21)3-2-4-17(18)26-19(15)20(24)23(14-5-6-14)11-13-7-9-22-10-8-13/h2-4,7-10,14H,5-6,11-12H2,1H3. The van der Waals surface area contributed by atoms with E-state index in [0.29, 0.717) is 22.4 Å². The van der Waals surface area contributed by atoms with Crippen molar-refractivity contribution < 1.29 is 13.9 Å². The molecule has 0 aliphatic heterocycles. The van der Waals surface area contributed by atoms with Gasteiger partial charge in [-0.25, -0.2) is 4.39 Å². The molecule has 0 radical (unpaired) electrons. The van der Waals surface area contributed by atoms with Crippen molar-refractivity contribution in [2.24, 2.45) is 0 Å². The lowest BCUT2D eigenvalue weighted by Gasteiger charge is -2.22. The summed E-state index contributed by atoms with van der Waals surface area (Å²) in [6, 6.07) is 9.05. The first kappa shape index (κ1) is 17.1.